The lowest BCUT2D eigenvalue weighted by Gasteiger charge is -2.15. The predicted octanol–water partition coefficient (Wildman–Crippen LogP) is 2.84. The molecule has 2 aromatic heterocycles. The Labute approximate surface area is 164 Å². The molecule has 2 aromatic carbocycles. The van der Waals surface area contributed by atoms with E-state index < -0.39 is 6.04 Å². The summed E-state index contributed by atoms with van der Waals surface area (Å²) in [4.78, 5) is 31.9. The molecule has 2 heterocycles. The molecule has 29 heavy (non-hydrogen) atoms. The van der Waals surface area contributed by atoms with E-state index in [9.17, 15) is 14.0 Å². The molecule has 4 aromatic rings. The maximum atomic E-state index is 13.0. The molecule has 8 heteroatoms. The number of aromatic nitrogens is 4. The fourth-order valence-corrected chi connectivity index (χ4v) is 3.07. The van der Waals surface area contributed by atoms with Crippen LogP contribution in [0.4, 0.5) is 10.3 Å². The fraction of sp³-hybridized carbons (Fsp3) is 0.143. The van der Waals surface area contributed by atoms with Crippen molar-refractivity contribution >= 4 is 16.7 Å². The molecule has 0 spiro atoms. The number of aromatic amines is 1. The maximum Gasteiger partial charge on any atom is 0.275 e. The first-order valence-electron chi connectivity index (χ1n) is 9.07. The van der Waals surface area contributed by atoms with Crippen LogP contribution < -0.4 is 16.4 Å². The first-order chi connectivity index (χ1) is 14.0. The third-order valence-electron chi connectivity index (χ3n) is 4.65. The zero-order chi connectivity index (χ0) is 20.4. The van der Waals surface area contributed by atoms with Crippen LogP contribution in [-0.2, 0) is 6.54 Å². The van der Waals surface area contributed by atoms with E-state index in [2.05, 4.69) is 20.4 Å². The van der Waals surface area contributed by atoms with E-state index in [1.54, 1.807) is 37.4 Å². The predicted molar refractivity (Wildman–Crippen MR) is 108 cm³/mol. The van der Waals surface area contributed by atoms with Gasteiger partial charge in [-0.3, -0.25) is 14.6 Å². The van der Waals surface area contributed by atoms with Crippen LogP contribution in [0.25, 0.3) is 10.8 Å². The van der Waals surface area contributed by atoms with E-state index in [4.69, 9.17) is 0 Å². The summed E-state index contributed by atoms with van der Waals surface area (Å²) in [6.45, 7) is 2.12. The summed E-state index contributed by atoms with van der Waals surface area (Å²) in [5.41, 5.74) is 0.635. The van der Waals surface area contributed by atoms with Crippen molar-refractivity contribution in [3.05, 3.63) is 98.6 Å². The van der Waals surface area contributed by atoms with Crippen LogP contribution in [0.5, 0.6) is 0 Å². The zero-order valence-corrected chi connectivity index (χ0v) is 15.6. The lowest BCUT2D eigenvalue weighted by molar-refractivity contribution is 0.524. The van der Waals surface area contributed by atoms with E-state index >= 15 is 0 Å². The first-order valence-corrected chi connectivity index (χ1v) is 9.07. The minimum atomic E-state index is -0.541. The molecule has 0 fully saturated rings. The van der Waals surface area contributed by atoms with Gasteiger partial charge in [0.25, 0.3) is 11.1 Å². The number of benzene rings is 2. The molecule has 0 bridgehead atoms. The minimum Gasteiger partial charge on any atom is -0.352 e. The van der Waals surface area contributed by atoms with E-state index in [0.717, 1.165) is 10.9 Å². The Kier molecular flexibility index (Phi) is 4.90. The molecule has 1 unspecified atom stereocenters. The Morgan fingerprint density at radius 3 is 2.69 bits per heavy atom. The number of hydrogen-bond acceptors (Lipinski definition) is 5. The SMILES string of the molecule is CC(c1cc(=O)[nH]c(NCc2ccc(F)cc2)n1)n1ncc2ccccc2c1=O. The highest BCUT2D eigenvalue weighted by Gasteiger charge is 2.15. The molecule has 0 radical (unpaired) electrons. The van der Waals surface area contributed by atoms with Crippen molar-refractivity contribution in [1.82, 2.24) is 19.7 Å². The normalized spacial score (nSPS) is 12.1. The lowest BCUT2D eigenvalue weighted by Crippen LogP contribution is -2.28. The Hall–Kier alpha value is -3.81. The maximum absolute atomic E-state index is 13.0. The topological polar surface area (TPSA) is 92.7 Å². The van der Waals surface area contributed by atoms with Crippen LogP contribution >= 0.6 is 0 Å². The second kappa shape index (κ2) is 7.67. The van der Waals surface area contributed by atoms with Crippen molar-refractivity contribution in [1.29, 1.82) is 0 Å². The standard InChI is InChI=1S/C21H18FN5O2/c1-13(27-20(29)17-5-3-2-4-15(17)12-24-27)18-10-19(28)26-21(25-18)23-11-14-6-8-16(22)9-7-14/h2-10,12-13H,11H2,1H3,(H2,23,25,26,28). The molecule has 1 atom stereocenters. The van der Waals surface area contributed by atoms with Crippen molar-refractivity contribution in [3.63, 3.8) is 0 Å². The molecule has 7 nitrogen and oxygen atoms in total. The number of anilines is 1. The Bertz CT molecular complexity index is 1280. The Morgan fingerprint density at radius 2 is 1.90 bits per heavy atom. The van der Waals surface area contributed by atoms with Gasteiger partial charge in [0, 0.05) is 18.0 Å². The highest BCUT2D eigenvalue weighted by Crippen LogP contribution is 2.15. The molecular weight excluding hydrogens is 373 g/mol. The van der Waals surface area contributed by atoms with Gasteiger partial charge in [-0.1, -0.05) is 30.3 Å². The van der Waals surface area contributed by atoms with Crippen molar-refractivity contribution < 1.29 is 4.39 Å². The number of H-pyrrole nitrogens is 1. The van der Waals surface area contributed by atoms with Gasteiger partial charge in [-0.2, -0.15) is 5.10 Å². The summed E-state index contributed by atoms with van der Waals surface area (Å²) in [6.07, 6.45) is 1.62. The van der Waals surface area contributed by atoms with Crippen LogP contribution in [0.2, 0.25) is 0 Å². The van der Waals surface area contributed by atoms with Crippen molar-refractivity contribution in [2.45, 2.75) is 19.5 Å². The fourth-order valence-electron chi connectivity index (χ4n) is 3.07. The van der Waals surface area contributed by atoms with Crippen LogP contribution in [-0.4, -0.2) is 19.7 Å². The molecule has 0 saturated heterocycles. The molecular formula is C21H18FN5O2. The summed E-state index contributed by atoms with van der Waals surface area (Å²) in [5.74, 6) is -0.0538. The number of rotatable bonds is 5. The second-order valence-corrected chi connectivity index (χ2v) is 6.66. The van der Waals surface area contributed by atoms with Gasteiger partial charge in [-0.25, -0.2) is 14.1 Å². The molecule has 146 valence electrons. The molecule has 0 amide bonds. The van der Waals surface area contributed by atoms with Gasteiger partial charge in [-0.05, 0) is 30.7 Å². The zero-order valence-electron chi connectivity index (χ0n) is 15.6. The van der Waals surface area contributed by atoms with Gasteiger partial charge in [0.1, 0.15) is 5.82 Å². The van der Waals surface area contributed by atoms with Gasteiger partial charge in [0.05, 0.1) is 23.3 Å². The number of fused-ring (bicyclic) bond motifs is 1. The average molecular weight is 391 g/mol. The van der Waals surface area contributed by atoms with Crippen LogP contribution in [0.1, 0.15) is 24.2 Å². The molecule has 0 saturated carbocycles. The highest BCUT2D eigenvalue weighted by atomic mass is 19.1. The van der Waals surface area contributed by atoms with Gasteiger partial charge in [0.15, 0.2) is 0 Å². The molecule has 0 aliphatic heterocycles. The number of nitrogens with one attached hydrogen (secondary N) is 2. The largest absolute Gasteiger partial charge is 0.352 e. The van der Waals surface area contributed by atoms with Crippen LogP contribution in [0.15, 0.2) is 70.4 Å². The third kappa shape index (κ3) is 3.91. The molecule has 0 aliphatic carbocycles. The van der Waals surface area contributed by atoms with E-state index in [-0.39, 0.29) is 22.9 Å². The summed E-state index contributed by atoms with van der Waals surface area (Å²) in [5, 5.41) is 8.56. The quantitative estimate of drug-likeness (QED) is 0.546. The van der Waals surface area contributed by atoms with Gasteiger partial charge >= 0.3 is 0 Å². The molecule has 4 rings (SSSR count). The smallest absolute Gasteiger partial charge is 0.275 e. The monoisotopic (exact) mass is 391 g/mol. The van der Waals surface area contributed by atoms with Crippen LogP contribution in [0.3, 0.4) is 0 Å². The van der Waals surface area contributed by atoms with Gasteiger partial charge < -0.3 is 5.32 Å². The second-order valence-electron chi connectivity index (χ2n) is 6.66. The van der Waals surface area contributed by atoms with Gasteiger partial charge in [0.2, 0.25) is 5.95 Å². The van der Waals surface area contributed by atoms with Crippen molar-refractivity contribution in [2.24, 2.45) is 0 Å². The Balaban J connectivity index is 1.63. The summed E-state index contributed by atoms with van der Waals surface area (Å²) < 4.78 is 14.3. The van der Waals surface area contributed by atoms with Crippen molar-refractivity contribution in [2.75, 3.05) is 5.32 Å². The summed E-state index contributed by atoms with van der Waals surface area (Å²) in [6, 6.07) is 14.0. The number of nitrogens with zero attached hydrogens (tertiary/aromatic N) is 3. The lowest BCUT2D eigenvalue weighted by atomic mass is 10.2. The summed E-state index contributed by atoms with van der Waals surface area (Å²) in [7, 11) is 0. The van der Waals surface area contributed by atoms with Crippen LogP contribution in [0, 0.1) is 5.82 Å². The minimum absolute atomic E-state index is 0.251. The Morgan fingerprint density at radius 1 is 1.14 bits per heavy atom. The molecule has 2 N–H and O–H groups in total. The molecule has 0 aliphatic rings. The average Bonchev–Trinajstić information content (AvgIpc) is 2.73. The van der Waals surface area contributed by atoms with E-state index in [0.29, 0.717) is 17.6 Å². The van der Waals surface area contributed by atoms with Crippen molar-refractivity contribution in [3.8, 4) is 0 Å². The van der Waals surface area contributed by atoms with Gasteiger partial charge in [-0.15, -0.1) is 0 Å². The first kappa shape index (κ1) is 18.5. The third-order valence-corrected chi connectivity index (χ3v) is 4.65. The van der Waals surface area contributed by atoms with E-state index in [1.165, 1.54) is 22.9 Å². The summed E-state index contributed by atoms with van der Waals surface area (Å²) >= 11 is 0. The highest BCUT2D eigenvalue weighted by molar-refractivity contribution is 5.80. The number of halogens is 1. The number of hydrogen-bond donors (Lipinski definition) is 2. The van der Waals surface area contributed by atoms with E-state index in [1.807, 2.05) is 12.1 Å².